The van der Waals surface area contributed by atoms with Gasteiger partial charge in [-0.3, -0.25) is 4.79 Å². The van der Waals surface area contributed by atoms with Crippen LogP contribution in [0.25, 0.3) is 0 Å². The molecule has 1 aromatic heterocycles. The second kappa shape index (κ2) is 9.80. The van der Waals surface area contributed by atoms with E-state index in [0.717, 1.165) is 22.4 Å². The van der Waals surface area contributed by atoms with E-state index in [-0.39, 0.29) is 5.56 Å². The van der Waals surface area contributed by atoms with Gasteiger partial charge in [0, 0.05) is 37.0 Å². The first-order chi connectivity index (χ1) is 14.1. The molecule has 0 unspecified atom stereocenters. The van der Waals surface area contributed by atoms with E-state index in [1.807, 2.05) is 30.3 Å². The number of methoxy groups -OCH3 is 3. The Kier molecular flexibility index (Phi) is 6.92. The normalized spacial score (nSPS) is 10.6. The third-order valence-electron chi connectivity index (χ3n) is 4.71. The summed E-state index contributed by atoms with van der Waals surface area (Å²) in [7, 11) is 4.86. The van der Waals surface area contributed by atoms with Crippen LogP contribution >= 0.6 is 0 Å². The predicted octanol–water partition coefficient (Wildman–Crippen LogP) is 3.21. The van der Waals surface area contributed by atoms with E-state index in [9.17, 15) is 4.79 Å². The van der Waals surface area contributed by atoms with E-state index in [1.165, 1.54) is 0 Å². The lowest BCUT2D eigenvalue weighted by Crippen LogP contribution is -2.18. The topological polar surface area (TPSA) is 61.7 Å². The highest BCUT2D eigenvalue weighted by atomic mass is 16.5. The van der Waals surface area contributed by atoms with Crippen LogP contribution in [-0.2, 0) is 19.6 Å². The molecule has 0 radical (unpaired) electrons. The number of benzene rings is 2. The number of hydrogen-bond donors (Lipinski definition) is 1. The fourth-order valence-corrected chi connectivity index (χ4v) is 3.12. The molecule has 1 heterocycles. The minimum Gasteiger partial charge on any atom is -0.496 e. The Labute approximate surface area is 170 Å². The van der Waals surface area contributed by atoms with Crippen LogP contribution < -0.4 is 25.1 Å². The molecule has 6 nitrogen and oxygen atoms in total. The monoisotopic (exact) mass is 394 g/mol. The van der Waals surface area contributed by atoms with Gasteiger partial charge in [-0.25, -0.2) is 0 Å². The SMILES string of the molecule is COc1cc(OC)c(OC)cc1CNCc1ccc(Cn2ccccc2=O)cc1. The smallest absolute Gasteiger partial charge is 0.250 e. The van der Waals surface area contributed by atoms with Crippen molar-refractivity contribution >= 4 is 0 Å². The van der Waals surface area contributed by atoms with E-state index in [2.05, 4.69) is 17.4 Å². The Balaban J connectivity index is 1.61. The van der Waals surface area contributed by atoms with Gasteiger partial charge in [0.05, 0.1) is 27.9 Å². The minimum absolute atomic E-state index is 0.00195. The number of pyridine rings is 1. The number of nitrogens with zero attached hydrogens (tertiary/aromatic N) is 1. The maximum absolute atomic E-state index is 11.8. The largest absolute Gasteiger partial charge is 0.496 e. The van der Waals surface area contributed by atoms with Crippen LogP contribution in [0.5, 0.6) is 17.2 Å². The standard InChI is InChI=1S/C23H26N2O4/c1-27-20-13-22(29-3)21(28-2)12-19(20)15-24-14-17-7-9-18(10-8-17)16-25-11-5-4-6-23(25)26/h4-13,24H,14-16H2,1-3H3. The third kappa shape index (κ3) is 5.18. The van der Waals surface area contributed by atoms with Crippen molar-refractivity contribution in [2.24, 2.45) is 0 Å². The number of ether oxygens (including phenoxy) is 3. The van der Waals surface area contributed by atoms with Gasteiger partial charge >= 0.3 is 0 Å². The van der Waals surface area contributed by atoms with Gasteiger partial charge in [-0.15, -0.1) is 0 Å². The first-order valence-corrected chi connectivity index (χ1v) is 9.37. The molecular weight excluding hydrogens is 368 g/mol. The van der Waals surface area contributed by atoms with Crippen molar-refractivity contribution < 1.29 is 14.2 Å². The molecule has 0 aliphatic heterocycles. The second-order valence-corrected chi connectivity index (χ2v) is 6.61. The Morgan fingerprint density at radius 1 is 0.793 bits per heavy atom. The molecule has 0 amide bonds. The summed E-state index contributed by atoms with van der Waals surface area (Å²) in [6.45, 7) is 1.91. The lowest BCUT2D eigenvalue weighted by atomic mass is 10.1. The predicted molar refractivity (Wildman–Crippen MR) is 113 cm³/mol. The van der Waals surface area contributed by atoms with Gasteiger partial charge in [-0.1, -0.05) is 30.3 Å². The Bertz CT molecular complexity index is 997. The highest BCUT2D eigenvalue weighted by Crippen LogP contribution is 2.34. The summed E-state index contributed by atoms with van der Waals surface area (Å²) in [4.78, 5) is 11.8. The molecule has 29 heavy (non-hydrogen) atoms. The van der Waals surface area contributed by atoms with Gasteiger partial charge in [-0.05, 0) is 23.3 Å². The molecule has 1 N–H and O–H groups in total. The maximum Gasteiger partial charge on any atom is 0.250 e. The van der Waals surface area contributed by atoms with Crippen LogP contribution in [-0.4, -0.2) is 25.9 Å². The molecule has 0 fully saturated rings. The average molecular weight is 394 g/mol. The number of nitrogens with one attached hydrogen (secondary N) is 1. The molecule has 0 aliphatic carbocycles. The summed E-state index contributed by atoms with van der Waals surface area (Å²) < 4.78 is 17.9. The van der Waals surface area contributed by atoms with Crippen molar-refractivity contribution in [3.8, 4) is 17.2 Å². The zero-order valence-corrected chi connectivity index (χ0v) is 17.0. The molecule has 152 valence electrons. The van der Waals surface area contributed by atoms with Crippen molar-refractivity contribution in [2.75, 3.05) is 21.3 Å². The number of rotatable bonds is 9. The molecule has 0 saturated carbocycles. The Morgan fingerprint density at radius 3 is 2.10 bits per heavy atom. The molecular formula is C23H26N2O4. The van der Waals surface area contributed by atoms with Crippen LogP contribution in [0, 0.1) is 0 Å². The molecule has 0 saturated heterocycles. The van der Waals surface area contributed by atoms with Crippen molar-refractivity contribution in [3.63, 3.8) is 0 Å². The molecule has 6 heteroatoms. The van der Waals surface area contributed by atoms with E-state index < -0.39 is 0 Å². The summed E-state index contributed by atoms with van der Waals surface area (Å²) in [5, 5.41) is 3.43. The molecule has 3 aromatic rings. The molecule has 0 atom stereocenters. The fraction of sp³-hybridized carbons (Fsp3) is 0.261. The average Bonchev–Trinajstić information content (AvgIpc) is 2.76. The molecule has 0 aliphatic rings. The maximum atomic E-state index is 11.8. The zero-order chi connectivity index (χ0) is 20.6. The minimum atomic E-state index is 0.00195. The van der Waals surface area contributed by atoms with Gasteiger partial charge < -0.3 is 24.1 Å². The van der Waals surface area contributed by atoms with Crippen molar-refractivity contribution in [1.82, 2.24) is 9.88 Å². The summed E-state index contributed by atoms with van der Waals surface area (Å²) in [6, 6.07) is 17.2. The van der Waals surface area contributed by atoms with Crippen LogP contribution in [0.4, 0.5) is 0 Å². The Morgan fingerprint density at radius 2 is 1.45 bits per heavy atom. The van der Waals surface area contributed by atoms with E-state index >= 15 is 0 Å². The van der Waals surface area contributed by atoms with Crippen molar-refractivity contribution in [3.05, 3.63) is 87.8 Å². The van der Waals surface area contributed by atoms with Crippen molar-refractivity contribution in [1.29, 1.82) is 0 Å². The van der Waals surface area contributed by atoms with Gasteiger partial charge in [0.25, 0.3) is 5.56 Å². The van der Waals surface area contributed by atoms with Crippen LogP contribution in [0.15, 0.2) is 65.6 Å². The molecule has 0 spiro atoms. The quantitative estimate of drug-likeness (QED) is 0.604. The van der Waals surface area contributed by atoms with Gasteiger partial charge in [0.1, 0.15) is 5.75 Å². The van der Waals surface area contributed by atoms with E-state index in [1.54, 1.807) is 44.2 Å². The van der Waals surface area contributed by atoms with E-state index in [4.69, 9.17) is 14.2 Å². The van der Waals surface area contributed by atoms with E-state index in [0.29, 0.717) is 31.1 Å². The summed E-state index contributed by atoms with van der Waals surface area (Å²) in [5.41, 5.74) is 3.24. The highest BCUT2D eigenvalue weighted by Gasteiger charge is 2.11. The van der Waals surface area contributed by atoms with Gasteiger partial charge in [0.2, 0.25) is 0 Å². The third-order valence-corrected chi connectivity index (χ3v) is 4.71. The molecule has 2 aromatic carbocycles. The number of aromatic nitrogens is 1. The highest BCUT2D eigenvalue weighted by molar-refractivity contribution is 5.50. The lowest BCUT2D eigenvalue weighted by Gasteiger charge is -2.14. The summed E-state index contributed by atoms with van der Waals surface area (Å²) >= 11 is 0. The fourth-order valence-electron chi connectivity index (χ4n) is 3.12. The lowest BCUT2D eigenvalue weighted by molar-refractivity contribution is 0.347. The first-order valence-electron chi connectivity index (χ1n) is 9.37. The second-order valence-electron chi connectivity index (χ2n) is 6.61. The number of hydrogen-bond acceptors (Lipinski definition) is 5. The van der Waals surface area contributed by atoms with Crippen LogP contribution in [0.2, 0.25) is 0 Å². The summed E-state index contributed by atoms with van der Waals surface area (Å²) in [5.74, 6) is 2.06. The molecule has 0 bridgehead atoms. The first kappa shape index (κ1) is 20.5. The summed E-state index contributed by atoms with van der Waals surface area (Å²) in [6.07, 6.45) is 1.80. The van der Waals surface area contributed by atoms with Gasteiger partial charge in [0.15, 0.2) is 11.5 Å². The molecule has 3 rings (SSSR count). The van der Waals surface area contributed by atoms with Crippen molar-refractivity contribution in [2.45, 2.75) is 19.6 Å². The van der Waals surface area contributed by atoms with Gasteiger partial charge in [-0.2, -0.15) is 0 Å². The van der Waals surface area contributed by atoms with Crippen LogP contribution in [0.1, 0.15) is 16.7 Å². The van der Waals surface area contributed by atoms with Crippen LogP contribution in [0.3, 0.4) is 0 Å². The Hall–Kier alpha value is -3.25. The zero-order valence-electron chi connectivity index (χ0n) is 17.0.